The Balaban J connectivity index is 1.54. The van der Waals surface area contributed by atoms with Crippen LogP contribution in [-0.2, 0) is 4.79 Å². The molecule has 4 nitrogen and oxygen atoms in total. The smallest absolute Gasteiger partial charge is 0.242 e. The first-order chi connectivity index (χ1) is 10.8. The lowest BCUT2D eigenvalue weighted by Gasteiger charge is -2.27. The Morgan fingerprint density at radius 3 is 2.73 bits per heavy atom. The molecule has 0 radical (unpaired) electrons. The van der Waals surface area contributed by atoms with Crippen molar-refractivity contribution in [3.63, 3.8) is 0 Å². The summed E-state index contributed by atoms with van der Waals surface area (Å²) < 4.78 is 0. The second-order valence-corrected chi connectivity index (χ2v) is 5.28. The Bertz CT molecular complexity index is 653. The zero-order valence-electron chi connectivity index (χ0n) is 12.4. The molecule has 0 spiro atoms. The molecular formula is C18H19N3O. The number of hydrogen-bond donors (Lipinski definition) is 1. The first kappa shape index (κ1) is 14.3. The van der Waals surface area contributed by atoms with Crippen molar-refractivity contribution >= 4 is 17.2 Å². The SMILES string of the molecule is O=C(CNc1cccnc1)N1CC=C(c2ccccc2)CC1. The van der Waals surface area contributed by atoms with E-state index in [1.807, 2.05) is 35.2 Å². The fourth-order valence-corrected chi connectivity index (χ4v) is 2.57. The molecule has 0 unspecified atom stereocenters. The molecule has 2 heterocycles. The van der Waals surface area contributed by atoms with Gasteiger partial charge in [0.15, 0.2) is 0 Å². The number of rotatable bonds is 4. The molecule has 0 saturated heterocycles. The van der Waals surface area contributed by atoms with Crippen molar-refractivity contribution in [3.8, 4) is 0 Å². The maximum atomic E-state index is 12.2. The van der Waals surface area contributed by atoms with Crippen molar-refractivity contribution < 1.29 is 4.79 Å². The molecular weight excluding hydrogens is 274 g/mol. The van der Waals surface area contributed by atoms with E-state index in [9.17, 15) is 4.79 Å². The lowest BCUT2D eigenvalue weighted by Crippen LogP contribution is -2.38. The number of carbonyl (C=O) groups excluding carboxylic acids is 1. The summed E-state index contributed by atoms with van der Waals surface area (Å²) >= 11 is 0. The summed E-state index contributed by atoms with van der Waals surface area (Å²) in [5.74, 6) is 0.118. The Morgan fingerprint density at radius 1 is 1.18 bits per heavy atom. The number of benzene rings is 1. The van der Waals surface area contributed by atoms with Crippen LogP contribution in [-0.4, -0.2) is 35.4 Å². The summed E-state index contributed by atoms with van der Waals surface area (Å²) in [5.41, 5.74) is 3.45. The third-order valence-corrected chi connectivity index (χ3v) is 3.81. The Labute approximate surface area is 130 Å². The van der Waals surface area contributed by atoms with E-state index in [0.717, 1.165) is 18.7 Å². The summed E-state index contributed by atoms with van der Waals surface area (Å²) in [6.45, 7) is 1.76. The van der Waals surface area contributed by atoms with Crippen molar-refractivity contribution in [1.82, 2.24) is 9.88 Å². The molecule has 1 aromatic heterocycles. The van der Waals surface area contributed by atoms with E-state index in [4.69, 9.17) is 0 Å². The second kappa shape index (κ2) is 6.89. The third-order valence-electron chi connectivity index (χ3n) is 3.81. The molecule has 1 aromatic carbocycles. The average molecular weight is 293 g/mol. The van der Waals surface area contributed by atoms with Crippen LogP contribution in [0, 0.1) is 0 Å². The van der Waals surface area contributed by atoms with Gasteiger partial charge in [0.25, 0.3) is 0 Å². The normalized spacial score (nSPS) is 14.4. The summed E-state index contributed by atoms with van der Waals surface area (Å²) in [4.78, 5) is 18.1. The maximum absolute atomic E-state index is 12.2. The standard InChI is InChI=1S/C18H19N3O/c22-18(14-20-17-7-4-10-19-13-17)21-11-8-16(9-12-21)15-5-2-1-3-6-15/h1-8,10,13,20H,9,11-12,14H2. The van der Waals surface area contributed by atoms with Gasteiger partial charge in [-0.1, -0.05) is 36.4 Å². The van der Waals surface area contributed by atoms with Gasteiger partial charge in [-0.3, -0.25) is 9.78 Å². The van der Waals surface area contributed by atoms with Crippen molar-refractivity contribution in [2.45, 2.75) is 6.42 Å². The number of anilines is 1. The highest BCUT2D eigenvalue weighted by atomic mass is 16.2. The van der Waals surface area contributed by atoms with E-state index in [2.05, 4.69) is 28.5 Å². The van der Waals surface area contributed by atoms with E-state index >= 15 is 0 Å². The number of nitrogens with one attached hydrogen (secondary N) is 1. The Kier molecular flexibility index (Phi) is 4.49. The minimum absolute atomic E-state index is 0.118. The first-order valence-electron chi connectivity index (χ1n) is 7.49. The molecule has 4 heteroatoms. The molecule has 1 aliphatic heterocycles. The van der Waals surface area contributed by atoms with Gasteiger partial charge < -0.3 is 10.2 Å². The molecule has 22 heavy (non-hydrogen) atoms. The minimum Gasteiger partial charge on any atom is -0.375 e. The molecule has 0 bridgehead atoms. The monoisotopic (exact) mass is 293 g/mol. The number of amides is 1. The zero-order chi connectivity index (χ0) is 15.2. The van der Waals surface area contributed by atoms with E-state index in [1.165, 1.54) is 11.1 Å². The summed E-state index contributed by atoms with van der Waals surface area (Å²) in [6, 6.07) is 14.1. The van der Waals surface area contributed by atoms with E-state index in [0.29, 0.717) is 13.1 Å². The van der Waals surface area contributed by atoms with Gasteiger partial charge in [0, 0.05) is 25.5 Å². The Morgan fingerprint density at radius 2 is 2.05 bits per heavy atom. The number of hydrogen-bond acceptors (Lipinski definition) is 3. The third kappa shape index (κ3) is 3.52. The summed E-state index contributed by atoms with van der Waals surface area (Å²) in [6.07, 6.45) is 6.49. The van der Waals surface area contributed by atoms with E-state index in [-0.39, 0.29) is 5.91 Å². The molecule has 0 atom stereocenters. The summed E-state index contributed by atoms with van der Waals surface area (Å²) in [7, 11) is 0. The lowest BCUT2D eigenvalue weighted by atomic mass is 9.99. The molecule has 0 saturated carbocycles. The van der Waals surface area contributed by atoms with Gasteiger partial charge in [-0.2, -0.15) is 0 Å². The fraction of sp³-hybridized carbons (Fsp3) is 0.222. The van der Waals surface area contributed by atoms with Crippen molar-refractivity contribution in [2.75, 3.05) is 25.0 Å². The molecule has 112 valence electrons. The molecule has 1 aliphatic rings. The van der Waals surface area contributed by atoms with Gasteiger partial charge in [-0.15, -0.1) is 0 Å². The Hall–Kier alpha value is -2.62. The second-order valence-electron chi connectivity index (χ2n) is 5.28. The molecule has 1 amide bonds. The quantitative estimate of drug-likeness (QED) is 0.943. The first-order valence-corrected chi connectivity index (χ1v) is 7.49. The van der Waals surface area contributed by atoms with Crippen LogP contribution in [0.1, 0.15) is 12.0 Å². The predicted molar refractivity (Wildman–Crippen MR) is 88.3 cm³/mol. The van der Waals surface area contributed by atoms with Crippen LogP contribution in [0.3, 0.4) is 0 Å². The maximum Gasteiger partial charge on any atom is 0.242 e. The largest absolute Gasteiger partial charge is 0.375 e. The van der Waals surface area contributed by atoms with Gasteiger partial charge in [0.2, 0.25) is 5.91 Å². The topological polar surface area (TPSA) is 45.2 Å². The van der Waals surface area contributed by atoms with Crippen molar-refractivity contribution in [2.24, 2.45) is 0 Å². The van der Waals surface area contributed by atoms with Gasteiger partial charge in [0.05, 0.1) is 12.2 Å². The zero-order valence-corrected chi connectivity index (χ0v) is 12.4. The van der Waals surface area contributed by atoms with Crippen molar-refractivity contribution in [1.29, 1.82) is 0 Å². The predicted octanol–water partition coefficient (Wildman–Crippen LogP) is 2.81. The van der Waals surface area contributed by atoms with Gasteiger partial charge in [0.1, 0.15) is 0 Å². The highest BCUT2D eigenvalue weighted by molar-refractivity contribution is 5.82. The fourth-order valence-electron chi connectivity index (χ4n) is 2.57. The van der Waals surface area contributed by atoms with E-state index in [1.54, 1.807) is 12.4 Å². The van der Waals surface area contributed by atoms with Gasteiger partial charge in [-0.25, -0.2) is 0 Å². The lowest BCUT2D eigenvalue weighted by molar-refractivity contribution is -0.128. The van der Waals surface area contributed by atoms with Crippen LogP contribution in [0.25, 0.3) is 5.57 Å². The number of aromatic nitrogens is 1. The molecule has 0 aliphatic carbocycles. The number of pyridine rings is 1. The van der Waals surface area contributed by atoms with Gasteiger partial charge in [-0.05, 0) is 29.7 Å². The molecule has 2 aromatic rings. The summed E-state index contributed by atoms with van der Waals surface area (Å²) in [5, 5.41) is 3.11. The number of nitrogens with zero attached hydrogens (tertiary/aromatic N) is 2. The average Bonchev–Trinajstić information content (AvgIpc) is 2.61. The van der Waals surface area contributed by atoms with Gasteiger partial charge >= 0.3 is 0 Å². The highest BCUT2D eigenvalue weighted by Gasteiger charge is 2.17. The van der Waals surface area contributed by atoms with Crippen LogP contribution < -0.4 is 5.32 Å². The van der Waals surface area contributed by atoms with Crippen LogP contribution >= 0.6 is 0 Å². The van der Waals surface area contributed by atoms with Crippen LogP contribution in [0.4, 0.5) is 5.69 Å². The van der Waals surface area contributed by atoms with E-state index < -0.39 is 0 Å². The van der Waals surface area contributed by atoms with Crippen LogP contribution in [0.5, 0.6) is 0 Å². The minimum atomic E-state index is 0.118. The molecule has 1 N–H and O–H groups in total. The molecule has 3 rings (SSSR count). The van der Waals surface area contributed by atoms with Crippen LogP contribution in [0.2, 0.25) is 0 Å². The van der Waals surface area contributed by atoms with Crippen LogP contribution in [0.15, 0.2) is 60.9 Å². The molecule has 0 fully saturated rings. The van der Waals surface area contributed by atoms with Crippen molar-refractivity contribution in [3.05, 3.63) is 66.5 Å². The highest BCUT2D eigenvalue weighted by Crippen LogP contribution is 2.21. The number of carbonyl (C=O) groups is 1.